The van der Waals surface area contributed by atoms with Gasteiger partial charge in [-0.1, -0.05) is 18.5 Å². The van der Waals surface area contributed by atoms with Crippen LogP contribution in [0.25, 0.3) is 0 Å². The van der Waals surface area contributed by atoms with Gasteiger partial charge in [-0.25, -0.2) is 8.42 Å². The average molecular weight is 472 g/mol. The van der Waals surface area contributed by atoms with E-state index in [1.54, 1.807) is 6.92 Å². The first-order chi connectivity index (χ1) is 14.5. The fourth-order valence-electron chi connectivity index (χ4n) is 4.43. The first-order valence-corrected chi connectivity index (χ1v) is 11.8. The number of fused-ring (bicyclic) bond motifs is 1. The predicted octanol–water partition coefficient (Wildman–Crippen LogP) is 0.911. The number of nitrogens with one attached hydrogen (secondary N) is 1. The van der Waals surface area contributed by atoms with Crippen LogP contribution in [0.3, 0.4) is 0 Å². The van der Waals surface area contributed by atoms with Crippen LogP contribution in [0.4, 0.5) is 0 Å². The van der Waals surface area contributed by atoms with Crippen LogP contribution in [0.5, 0.6) is 17.2 Å². The summed E-state index contributed by atoms with van der Waals surface area (Å²) in [6, 6.07) is 0.742. The Bertz CT molecular complexity index is 1110. The van der Waals surface area contributed by atoms with Gasteiger partial charge in [0.05, 0.1) is 37.9 Å². The first kappa shape index (κ1) is 21.9. The Balaban J connectivity index is 1.68. The van der Waals surface area contributed by atoms with E-state index in [4.69, 9.17) is 25.8 Å². The van der Waals surface area contributed by atoms with Gasteiger partial charge in [0.2, 0.25) is 17.2 Å². The van der Waals surface area contributed by atoms with Crippen LogP contribution in [0, 0.1) is 5.92 Å². The van der Waals surface area contributed by atoms with Crippen LogP contribution in [-0.4, -0.2) is 68.6 Å². The molecule has 11 heteroatoms. The molecule has 9 nitrogen and oxygen atoms in total. The molecule has 2 N–H and O–H groups in total. The number of halogens is 1. The lowest BCUT2D eigenvalue weighted by molar-refractivity contribution is -0.129. The first-order valence-electron chi connectivity index (χ1n) is 9.62. The number of carbonyl (C=O) groups excluding carboxylic acids is 2. The number of benzene rings is 1. The minimum absolute atomic E-state index is 0.0326. The highest BCUT2D eigenvalue weighted by atomic mass is 35.5. The number of ether oxygens (including phenoxy) is 3. The van der Waals surface area contributed by atoms with Gasteiger partial charge in [-0.15, -0.1) is 0 Å². The second kappa shape index (κ2) is 7.39. The molecule has 0 aromatic heterocycles. The molecule has 1 aromatic carbocycles. The quantitative estimate of drug-likeness (QED) is 0.615. The Hall–Kier alpha value is -2.30. The molecule has 0 bridgehead atoms. The zero-order valence-electron chi connectivity index (χ0n) is 17.1. The van der Waals surface area contributed by atoms with E-state index in [-0.39, 0.29) is 45.8 Å². The van der Waals surface area contributed by atoms with Gasteiger partial charge in [0.15, 0.2) is 15.6 Å². The fourth-order valence-corrected chi connectivity index (χ4v) is 6.44. The smallest absolute Gasteiger partial charge is 0.236 e. The molecular formula is C20H22ClNO8S. The van der Waals surface area contributed by atoms with E-state index < -0.39 is 45.1 Å². The summed E-state index contributed by atoms with van der Waals surface area (Å²) in [5.74, 6) is -1.85. The Morgan fingerprint density at radius 1 is 1.23 bits per heavy atom. The van der Waals surface area contributed by atoms with Crippen molar-refractivity contribution in [2.75, 3.05) is 25.7 Å². The number of hydrogen-bond acceptors (Lipinski definition) is 9. The molecule has 2 heterocycles. The maximum absolute atomic E-state index is 13.4. The summed E-state index contributed by atoms with van der Waals surface area (Å²) in [6.07, 6.45) is 0.390. The highest BCUT2D eigenvalue weighted by molar-refractivity contribution is 7.91. The minimum atomic E-state index is -3.35. The topological polar surface area (TPSA) is 128 Å². The molecule has 168 valence electrons. The van der Waals surface area contributed by atoms with Gasteiger partial charge in [0.1, 0.15) is 22.1 Å². The third-order valence-electron chi connectivity index (χ3n) is 6.00. The fraction of sp³-hybridized carbons (Fsp3) is 0.500. The molecule has 1 spiro atoms. The normalized spacial score (nSPS) is 31.3. The third kappa shape index (κ3) is 3.28. The molecule has 0 radical (unpaired) electrons. The number of aliphatic hydroxyl groups excluding tert-OH is 1. The molecule has 1 fully saturated rings. The largest absolute Gasteiger partial charge is 0.496 e. The highest BCUT2D eigenvalue weighted by Gasteiger charge is 2.60. The van der Waals surface area contributed by atoms with Gasteiger partial charge in [-0.05, 0) is 6.42 Å². The summed E-state index contributed by atoms with van der Waals surface area (Å²) >= 11 is 6.35. The van der Waals surface area contributed by atoms with Crippen molar-refractivity contribution in [1.82, 2.24) is 5.32 Å². The predicted molar refractivity (Wildman–Crippen MR) is 111 cm³/mol. The maximum atomic E-state index is 13.4. The SMILES string of the molecule is COc1cc(OC)c2c(c1Cl)O[C@@]1(C(=O)C=C(N[C@H]3CS(=O)(=O)C[C@H]3O)C[C@H]1C)C2=O. The molecule has 1 saturated heterocycles. The standard InChI is InChI=1S/C20H22ClNO8S/c1-9-4-10(22-11-7-31(26,27)8-12(11)23)5-15(24)20(9)19(25)16-13(28-2)6-14(29-3)17(21)18(16)30-20/h5-6,9,11-12,22-23H,4,7-8H2,1-3H3/t9-,11+,12-,20+/m1/s1. The van der Waals surface area contributed by atoms with Crippen molar-refractivity contribution >= 4 is 33.0 Å². The Morgan fingerprint density at radius 3 is 2.45 bits per heavy atom. The van der Waals surface area contributed by atoms with Crippen molar-refractivity contribution in [1.29, 1.82) is 0 Å². The number of methoxy groups -OCH3 is 2. The molecule has 1 aliphatic carbocycles. The van der Waals surface area contributed by atoms with Crippen molar-refractivity contribution in [3.05, 3.63) is 28.4 Å². The van der Waals surface area contributed by atoms with Gasteiger partial charge >= 0.3 is 0 Å². The molecule has 4 atom stereocenters. The van der Waals surface area contributed by atoms with Gasteiger partial charge < -0.3 is 24.6 Å². The van der Waals surface area contributed by atoms with E-state index in [0.717, 1.165) is 0 Å². The number of rotatable bonds is 4. The van der Waals surface area contributed by atoms with E-state index in [1.165, 1.54) is 26.4 Å². The number of hydrogen-bond donors (Lipinski definition) is 2. The van der Waals surface area contributed by atoms with Crippen LogP contribution in [-0.2, 0) is 14.6 Å². The molecule has 2 aliphatic heterocycles. The third-order valence-corrected chi connectivity index (χ3v) is 8.08. The summed E-state index contributed by atoms with van der Waals surface area (Å²) in [4.78, 5) is 26.6. The molecule has 0 saturated carbocycles. The molecule has 4 rings (SSSR count). The molecule has 1 aromatic rings. The lowest BCUT2D eigenvalue weighted by Gasteiger charge is -2.36. The summed E-state index contributed by atoms with van der Waals surface area (Å²) < 4.78 is 40.0. The van der Waals surface area contributed by atoms with Gasteiger partial charge in [-0.2, -0.15) is 0 Å². The zero-order valence-corrected chi connectivity index (χ0v) is 18.7. The van der Waals surface area contributed by atoms with Crippen molar-refractivity contribution in [2.24, 2.45) is 5.92 Å². The molecule has 3 aliphatic rings. The average Bonchev–Trinajstić information content (AvgIpc) is 3.14. The minimum Gasteiger partial charge on any atom is -0.496 e. The van der Waals surface area contributed by atoms with Crippen LogP contribution in [0.2, 0.25) is 5.02 Å². The summed E-state index contributed by atoms with van der Waals surface area (Å²) in [7, 11) is -0.558. The van der Waals surface area contributed by atoms with E-state index in [1.807, 2.05) is 0 Å². The maximum Gasteiger partial charge on any atom is 0.236 e. The van der Waals surface area contributed by atoms with Crippen molar-refractivity contribution in [3.8, 4) is 17.2 Å². The molecule has 31 heavy (non-hydrogen) atoms. The second-order valence-electron chi connectivity index (χ2n) is 8.00. The lowest BCUT2D eigenvalue weighted by atomic mass is 9.74. The van der Waals surface area contributed by atoms with Crippen LogP contribution < -0.4 is 19.5 Å². The number of allylic oxidation sites excluding steroid dienone is 1. The van der Waals surface area contributed by atoms with Gasteiger partial charge in [-0.3, -0.25) is 9.59 Å². The van der Waals surface area contributed by atoms with Crippen LogP contribution in [0.15, 0.2) is 17.8 Å². The number of aliphatic hydroxyl groups is 1. The summed E-state index contributed by atoms with van der Waals surface area (Å²) in [5.41, 5.74) is -1.29. The van der Waals surface area contributed by atoms with Crippen molar-refractivity contribution in [3.63, 3.8) is 0 Å². The van der Waals surface area contributed by atoms with Gasteiger partial charge in [0, 0.05) is 23.8 Å². The number of sulfone groups is 1. The molecule has 0 unspecified atom stereocenters. The summed E-state index contributed by atoms with van der Waals surface area (Å²) in [5, 5.41) is 13.0. The van der Waals surface area contributed by atoms with Crippen molar-refractivity contribution < 1.29 is 37.3 Å². The van der Waals surface area contributed by atoms with E-state index >= 15 is 0 Å². The monoisotopic (exact) mass is 471 g/mol. The van der Waals surface area contributed by atoms with E-state index in [0.29, 0.717) is 5.70 Å². The Labute approximate surface area is 184 Å². The Morgan fingerprint density at radius 2 is 1.90 bits per heavy atom. The highest BCUT2D eigenvalue weighted by Crippen LogP contribution is 2.52. The number of Topliss-reactive ketones (excluding diaryl/α,β-unsaturated/α-hetero) is 1. The van der Waals surface area contributed by atoms with Gasteiger partial charge in [0.25, 0.3) is 0 Å². The number of ketones is 2. The molecule has 0 amide bonds. The second-order valence-corrected chi connectivity index (χ2v) is 10.5. The molecular weight excluding hydrogens is 450 g/mol. The van der Waals surface area contributed by atoms with Crippen LogP contribution >= 0.6 is 11.6 Å². The zero-order chi connectivity index (χ0) is 22.7. The lowest BCUT2D eigenvalue weighted by Crippen LogP contribution is -2.56. The number of carbonyl (C=O) groups is 2. The van der Waals surface area contributed by atoms with Crippen LogP contribution in [0.1, 0.15) is 23.7 Å². The van der Waals surface area contributed by atoms with Crippen molar-refractivity contribution in [2.45, 2.75) is 31.1 Å². The Kier molecular flexibility index (Phi) is 5.22. The summed E-state index contributed by atoms with van der Waals surface area (Å²) in [6.45, 7) is 1.69. The van der Waals surface area contributed by atoms with E-state index in [9.17, 15) is 23.1 Å². The van der Waals surface area contributed by atoms with E-state index in [2.05, 4.69) is 5.32 Å².